The van der Waals surface area contributed by atoms with Crippen molar-refractivity contribution in [1.82, 2.24) is 10.0 Å². The summed E-state index contributed by atoms with van der Waals surface area (Å²) in [6.07, 6.45) is 1.38. The molecule has 0 saturated carbocycles. The number of nitrogens with zero attached hydrogens (tertiary/aromatic N) is 2. The molecule has 5 N–H and O–H groups in total. The minimum atomic E-state index is -4.24. The molecule has 2 heterocycles. The minimum absolute atomic E-state index is 0.0107. The van der Waals surface area contributed by atoms with Gasteiger partial charge in [-0.15, -0.1) is 16.4 Å². The van der Waals surface area contributed by atoms with Crippen LogP contribution in [0.1, 0.15) is 26.7 Å². The van der Waals surface area contributed by atoms with Crippen molar-refractivity contribution in [3.05, 3.63) is 34.5 Å². The van der Waals surface area contributed by atoms with E-state index in [1.165, 1.54) is 20.0 Å². The Morgan fingerprint density at radius 1 is 1.31 bits per heavy atom. The SMILES string of the molecule is CC1(O)CC(Nc2cc(F)c(S(=O)(=O)Nc3nccs3)cc2Cl)CC(C)(O)N1O. The van der Waals surface area contributed by atoms with E-state index in [-0.39, 0.29) is 28.7 Å². The van der Waals surface area contributed by atoms with Crippen LogP contribution in [-0.4, -0.2) is 51.4 Å². The van der Waals surface area contributed by atoms with Crippen molar-refractivity contribution < 1.29 is 28.2 Å². The van der Waals surface area contributed by atoms with Crippen LogP contribution < -0.4 is 10.0 Å². The van der Waals surface area contributed by atoms with Crippen molar-refractivity contribution in [3.8, 4) is 0 Å². The molecule has 1 aromatic heterocycles. The quantitative estimate of drug-likeness (QED) is 0.453. The lowest BCUT2D eigenvalue weighted by molar-refractivity contribution is -0.371. The number of halogens is 2. The Kier molecular flexibility index (Phi) is 5.82. The van der Waals surface area contributed by atoms with Crippen molar-refractivity contribution >= 4 is 43.8 Å². The molecule has 1 saturated heterocycles. The number of nitrogens with one attached hydrogen (secondary N) is 2. The summed E-state index contributed by atoms with van der Waals surface area (Å²) in [5.41, 5.74) is -3.41. The van der Waals surface area contributed by atoms with E-state index in [4.69, 9.17) is 11.6 Å². The molecule has 1 fully saturated rings. The summed E-state index contributed by atoms with van der Waals surface area (Å²) in [5.74, 6) is -1.04. The first-order valence-corrected chi connectivity index (χ1v) is 11.2. The second-order valence-corrected chi connectivity index (χ2v) is 10.2. The number of sulfonamides is 1. The summed E-state index contributed by atoms with van der Waals surface area (Å²) in [4.78, 5) is 3.15. The number of hydroxylamine groups is 2. The smallest absolute Gasteiger partial charge is 0.266 e. The predicted molar refractivity (Wildman–Crippen MR) is 106 cm³/mol. The van der Waals surface area contributed by atoms with Gasteiger partial charge in [0.05, 0.1) is 10.7 Å². The predicted octanol–water partition coefficient (Wildman–Crippen LogP) is 2.42. The number of anilines is 2. The molecule has 13 heteroatoms. The van der Waals surface area contributed by atoms with E-state index >= 15 is 0 Å². The lowest BCUT2D eigenvalue weighted by Gasteiger charge is -2.48. The molecule has 2 aromatic rings. The van der Waals surface area contributed by atoms with Crippen LogP contribution in [-0.2, 0) is 10.0 Å². The molecule has 1 aliphatic heterocycles. The van der Waals surface area contributed by atoms with Crippen molar-refractivity contribution in [2.75, 3.05) is 10.0 Å². The summed E-state index contributed by atoms with van der Waals surface area (Å²) in [5, 5.41) is 35.4. The second-order valence-electron chi connectivity index (χ2n) is 7.20. The maximum absolute atomic E-state index is 14.6. The van der Waals surface area contributed by atoms with Gasteiger partial charge in [-0.05, 0) is 26.0 Å². The third-order valence-corrected chi connectivity index (χ3v) is 6.99. The highest BCUT2D eigenvalue weighted by Gasteiger charge is 2.48. The van der Waals surface area contributed by atoms with Gasteiger partial charge in [0.1, 0.15) is 22.2 Å². The number of thiazole rings is 1. The molecule has 3 rings (SSSR count). The monoisotopic (exact) mass is 466 g/mol. The number of hydrogen-bond donors (Lipinski definition) is 5. The molecule has 29 heavy (non-hydrogen) atoms. The fourth-order valence-corrected chi connectivity index (χ4v) is 5.47. The van der Waals surface area contributed by atoms with Gasteiger partial charge in [-0.3, -0.25) is 4.72 Å². The van der Waals surface area contributed by atoms with Crippen LogP contribution in [0.15, 0.2) is 28.6 Å². The zero-order valence-electron chi connectivity index (χ0n) is 15.4. The maximum atomic E-state index is 14.6. The Balaban J connectivity index is 1.85. The summed E-state index contributed by atoms with van der Waals surface area (Å²) < 4.78 is 41.6. The number of aromatic nitrogens is 1. The molecule has 0 bridgehead atoms. The molecule has 1 aliphatic rings. The molecule has 2 unspecified atom stereocenters. The molecule has 0 amide bonds. The van der Waals surface area contributed by atoms with Gasteiger partial charge in [0.25, 0.3) is 10.0 Å². The van der Waals surface area contributed by atoms with Crippen LogP contribution in [0.3, 0.4) is 0 Å². The fourth-order valence-electron chi connectivity index (χ4n) is 3.31. The van der Waals surface area contributed by atoms with Gasteiger partial charge in [-0.25, -0.2) is 17.8 Å². The lowest BCUT2D eigenvalue weighted by atomic mass is 9.89. The zero-order chi connectivity index (χ0) is 21.6. The van der Waals surface area contributed by atoms with Crippen LogP contribution in [0.5, 0.6) is 0 Å². The van der Waals surface area contributed by atoms with Gasteiger partial charge in [0, 0.05) is 30.5 Å². The highest BCUT2D eigenvalue weighted by Crippen LogP contribution is 2.37. The third-order valence-electron chi connectivity index (χ3n) is 4.50. The van der Waals surface area contributed by atoms with Crippen LogP contribution >= 0.6 is 22.9 Å². The van der Waals surface area contributed by atoms with Gasteiger partial charge in [0.15, 0.2) is 5.13 Å². The second kappa shape index (κ2) is 7.61. The molecular formula is C16H20ClFN4O5S2. The average molecular weight is 467 g/mol. The van der Waals surface area contributed by atoms with Crippen LogP contribution in [0.2, 0.25) is 5.02 Å². The lowest BCUT2D eigenvalue weighted by Crippen LogP contribution is -2.63. The van der Waals surface area contributed by atoms with Crippen molar-refractivity contribution in [3.63, 3.8) is 0 Å². The normalized spacial score (nSPS) is 28.3. The highest BCUT2D eigenvalue weighted by molar-refractivity contribution is 7.93. The Morgan fingerprint density at radius 3 is 2.48 bits per heavy atom. The molecule has 0 radical (unpaired) electrons. The molecule has 2 atom stereocenters. The van der Waals surface area contributed by atoms with E-state index < -0.39 is 38.2 Å². The van der Waals surface area contributed by atoms with Gasteiger partial charge in [0.2, 0.25) is 0 Å². The zero-order valence-corrected chi connectivity index (χ0v) is 17.8. The largest absolute Gasteiger partial charge is 0.381 e. The Labute approximate surface area is 175 Å². The van der Waals surface area contributed by atoms with Gasteiger partial charge in [-0.2, -0.15) is 0 Å². The highest BCUT2D eigenvalue weighted by atomic mass is 35.5. The number of piperidine rings is 1. The van der Waals surface area contributed by atoms with Gasteiger partial charge >= 0.3 is 0 Å². The molecule has 0 spiro atoms. The summed E-state index contributed by atoms with van der Waals surface area (Å²) >= 11 is 7.20. The topological polar surface area (TPSA) is 135 Å². The van der Waals surface area contributed by atoms with E-state index in [1.54, 1.807) is 5.38 Å². The maximum Gasteiger partial charge on any atom is 0.266 e. The molecule has 9 nitrogen and oxygen atoms in total. The summed E-state index contributed by atoms with van der Waals surface area (Å²) in [7, 11) is -4.24. The Hall–Kier alpha value is -1.54. The van der Waals surface area contributed by atoms with Crippen molar-refractivity contribution in [1.29, 1.82) is 0 Å². The first-order valence-electron chi connectivity index (χ1n) is 8.44. The first-order chi connectivity index (χ1) is 13.3. The summed E-state index contributed by atoms with van der Waals surface area (Å²) in [6.45, 7) is 2.63. The fraction of sp³-hybridized carbons (Fsp3) is 0.438. The molecule has 160 valence electrons. The molecule has 0 aliphatic carbocycles. The first kappa shape index (κ1) is 22.2. The average Bonchev–Trinajstić information content (AvgIpc) is 3.07. The van der Waals surface area contributed by atoms with Crippen LogP contribution in [0.25, 0.3) is 0 Å². The van der Waals surface area contributed by atoms with E-state index in [2.05, 4.69) is 15.0 Å². The van der Waals surface area contributed by atoms with Crippen LogP contribution in [0.4, 0.5) is 15.2 Å². The van der Waals surface area contributed by atoms with E-state index in [1.807, 2.05) is 0 Å². The van der Waals surface area contributed by atoms with Crippen LogP contribution in [0, 0.1) is 5.82 Å². The van der Waals surface area contributed by atoms with Gasteiger partial charge in [-0.1, -0.05) is 11.6 Å². The van der Waals surface area contributed by atoms with E-state index in [0.717, 1.165) is 23.5 Å². The van der Waals surface area contributed by atoms with Crippen molar-refractivity contribution in [2.45, 2.75) is 49.1 Å². The number of benzene rings is 1. The third kappa shape index (κ3) is 4.63. The summed E-state index contributed by atoms with van der Waals surface area (Å²) in [6, 6.07) is 1.30. The number of aliphatic hydroxyl groups is 2. The minimum Gasteiger partial charge on any atom is -0.381 e. The van der Waals surface area contributed by atoms with E-state index in [0.29, 0.717) is 5.06 Å². The molecule has 1 aromatic carbocycles. The Bertz CT molecular complexity index is 983. The standard InChI is InChI=1S/C16H20ClFN4O5S2/c1-15(23)7-9(8-16(2,24)22(15)25)20-12-6-11(18)13(5-10(12)17)29(26,27)21-14-19-3-4-28-14/h3-6,9,20,23-25H,7-8H2,1-2H3,(H,19,21). The number of rotatable bonds is 5. The van der Waals surface area contributed by atoms with E-state index in [9.17, 15) is 28.2 Å². The number of hydrogen-bond acceptors (Lipinski definition) is 9. The van der Waals surface area contributed by atoms with Crippen molar-refractivity contribution in [2.24, 2.45) is 0 Å². The molecular weight excluding hydrogens is 447 g/mol. The van der Waals surface area contributed by atoms with Gasteiger partial charge < -0.3 is 20.7 Å². The Morgan fingerprint density at radius 2 is 1.93 bits per heavy atom.